The highest BCUT2D eigenvalue weighted by atomic mass is 19.4. The largest absolute Gasteiger partial charge is 0.435 e. The van der Waals surface area contributed by atoms with E-state index in [2.05, 4.69) is 4.74 Å². The number of primary amides is 1. The van der Waals surface area contributed by atoms with E-state index < -0.39 is 30.8 Å². The monoisotopic (exact) mass is 312 g/mol. The van der Waals surface area contributed by atoms with Crippen LogP contribution in [0, 0.1) is 0 Å². The molecule has 1 aromatic carbocycles. The average molecular weight is 312 g/mol. The van der Waals surface area contributed by atoms with Crippen molar-refractivity contribution in [2.75, 3.05) is 6.54 Å². The smallest absolute Gasteiger partial charge is 0.401 e. The summed E-state index contributed by atoms with van der Waals surface area (Å²) in [4.78, 5) is 11.4. The number of benzene rings is 1. The van der Waals surface area contributed by atoms with Crippen LogP contribution in [-0.4, -0.2) is 25.2 Å². The van der Waals surface area contributed by atoms with Gasteiger partial charge in [-0.15, -0.1) is 0 Å². The predicted octanol–water partition coefficient (Wildman–Crippen LogP) is 2.14. The van der Waals surface area contributed by atoms with Gasteiger partial charge in [0.2, 0.25) is 5.91 Å². The Morgan fingerprint density at radius 2 is 1.81 bits per heavy atom. The first-order chi connectivity index (χ1) is 9.54. The van der Waals surface area contributed by atoms with E-state index in [-0.39, 0.29) is 11.3 Å². The normalized spacial score (nSPS) is 14.8. The van der Waals surface area contributed by atoms with E-state index in [0.717, 1.165) is 12.1 Å². The maximum Gasteiger partial charge on any atom is 0.401 e. The number of ether oxygens (including phenoxy) is 1. The molecule has 0 aromatic heterocycles. The predicted molar refractivity (Wildman–Crippen MR) is 63.7 cm³/mol. The van der Waals surface area contributed by atoms with Gasteiger partial charge in [0, 0.05) is 0 Å². The molecule has 0 spiro atoms. The van der Waals surface area contributed by atoms with Gasteiger partial charge in [-0.2, -0.15) is 22.0 Å². The molecule has 0 aliphatic heterocycles. The second-order valence-corrected chi connectivity index (χ2v) is 4.36. The summed E-state index contributed by atoms with van der Waals surface area (Å²) in [7, 11) is 0. The second-order valence-electron chi connectivity index (χ2n) is 4.36. The van der Waals surface area contributed by atoms with Gasteiger partial charge in [0.25, 0.3) is 0 Å². The summed E-state index contributed by atoms with van der Waals surface area (Å²) in [6.45, 7) is -3.28. The van der Waals surface area contributed by atoms with Crippen LogP contribution in [0.2, 0.25) is 0 Å². The van der Waals surface area contributed by atoms with Gasteiger partial charge in [0.1, 0.15) is 11.3 Å². The summed E-state index contributed by atoms with van der Waals surface area (Å²) in [6, 6.07) is 4.59. The number of rotatable bonds is 6. The van der Waals surface area contributed by atoms with Crippen molar-refractivity contribution in [2.45, 2.75) is 25.3 Å². The highest BCUT2D eigenvalue weighted by Crippen LogP contribution is 2.25. The van der Waals surface area contributed by atoms with Gasteiger partial charge in [-0.05, 0) is 24.6 Å². The van der Waals surface area contributed by atoms with E-state index >= 15 is 0 Å². The van der Waals surface area contributed by atoms with E-state index in [9.17, 15) is 26.7 Å². The molecule has 1 atom stereocenters. The highest BCUT2D eigenvalue weighted by Gasteiger charge is 2.37. The molecular weight excluding hydrogens is 299 g/mol. The molecule has 1 aromatic rings. The Morgan fingerprint density at radius 1 is 1.29 bits per heavy atom. The van der Waals surface area contributed by atoms with Gasteiger partial charge in [-0.3, -0.25) is 10.1 Å². The number of hydrogen-bond donors (Lipinski definition) is 2. The molecule has 0 heterocycles. The molecule has 4 nitrogen and oxygen atoms in total. The maximum atomic E-state index is 12.3. The third-order valence-electron chi connectivity index (χ3n) is 2.79. The van der Waals surface area contributed by atoms with Gasteiger partial charge in [0.15, 0.2) is 0 Å². The summed E-state index contributed by atoms with van der Waals surface area (Å²) in [6.07, 6.45) is -4.53. The standard InChI is InChI=1S/C12H13F5N2O2/c1-11(9(18)20,19-6-12(15,16)17)7-2-4-8(5-3-7)21-10(13)14/h2-5,10,19H,6H2,1H3,(H2,18,20). The third kappa shape index (κ3) is 4.85. The molecule has 118 valence electrons. The quantitative estimate of drug-likeness (QED) is 0.791. The molecule has 0 bridgehead atoms. The molecule has 0 saturated heterocycles. The van der Waals surface area contributed by atoms with E-state index in [1.165, 1.54) is 19.1 Å². The fourth-order valence-corrected chi connectivity index (χ4v) is 1.58. The van der Waals surface area contributed by atoms with Crippen molar-refractivity contribution in [3.63, 3.8) is 0 Å². The minimum atomic E-state index is -4.53. The molecule has 0 saturated carbocycles. The van der Waals surface area contributed by atoms with E-state index in [1.54, 1.807) is 0 Å². The Labute approximate surface area is 117 Å². The number of carbonyl (C=O) groups is 1. The first-order valence-electron chi connectivity index (χ1n) is 5.71. The number of nitrogens with two attached hydrogens (primary N) is 1. The fraction of sp³-hybridized carbons (Fsp3) is 0.417. The van der Waals surface area contributed by atoms with Crippen LogP contribution in [-0.2, 0) is 10.3 Å². The summed E-state index contributed by atoms with van der Waals surface area (Å²) >= 11 is 0. The van der Waals surface area contributed by atoms with Crippen molar-refractivity contribution in [3.05, 3.63) is 29.8 Å². The number of halogens is 5. The summed E-state index contributed by atoms with van der Waals surface area (Å²) in [5.41, 5.74) is 3.44. The van der Waals surface area contributed by atoms with Crippen molar-refractivity contribution in [1.82, 2.24) is 5.32 Å². The Bertz CT molecular complexity index is 489. The van der Waals surface area contributed by atoms with Crippen LogP contribution in [0.1, 0.15) is 12.5 Å². The second kappa shape index (κ2) is 6.25. The summed E-state index contributed by atoms with van der Waals surface area (Å²) in [5.74, 6) is -1.22. The van der Waals surface area contributed by atoms with Crippen LogP contribution in [0.15, 0.2) is 24.3 Å². The van der Waals surface area contributed by atoms with Crippen LogP contribution < -0.4 is 15.8 Å². The fourth-order valence-electron chi connectivity index (χ4n) is 1.58. The molecule has 1 amide bonds. The summed E-state index contributed by atoms with van der Waals surface area (Å²) in [5, 5.41) is 2.02. The van der Waals surface area contributed by atoms with E-state index in [1.807, 2.05) is 5.32 Å². The Morgan fingerprint density at radius 3 is 2.19 bits per heavy atom. The first-order valence-corrected chi connectivity index (χ1v) is 5.71. The highest BCUT2D eigenvalue weighted by molar-refractivity contribution is 5.85. The molecule has 9 heteroatoms. The number of hydrogen-bond acceptors (Lipinski definition) is 3. The molecular formula is C12H13F5N2O2. The van der Waals surface area contributed by atoms with Crippen molar-refractivity contribution in [3.8, 4) is 5.75 Å². The zero-order chi connectivity index (χ0) is 16.3. The van der Waals surface area contributed by atoms with Crippen molar-refractivity contribution >= 4 is 5.91 Å². The zero-order valence-corrected chi connectivity index (χ0v) is 10.9. The molecule has 1 unspecified atom stereocenters. The lowest BCUT2D eigenvalue weighted by molar-refractivity contribution is -0.135. The lowest BCUT2D eigenvalue weighted by atomic mass is 9.91. The van der Waals surface area contributed by atoms with Gasteiger partial charge in [-0.1, -0.05) is 12.1 Å². The van der Waals surface area contributed by atoms with Crippen LogP contribution in [0.5, 0.6) is 5.75 Å². The average Bonchev–Trinajstić information content (AvgIpc) is 2.35. The molecule has 0 radical (unpaired) electrons. The SMILES string of the molecule is CC(NCC(F)(F)F)(C(N)=O)c1ccc(OC(F)F)cc1. The van der Waals surface area contributed by atoms with Gasteiger partial charge < -0.3 is 10.5 Å². The Kier molecular flexibility index (Phi) is 5.10. The minimum absolute atomic E-state index is 0.0980. The van der Waals surface area contributed by atoms with Crippen molar-refractivity contribution in [2.24, 2.45) is 5.73 Å². The molecule has 0 aliphatic rings. The minimum Gasteiger partial charge on any atom is -0.435 e. The lowest BCUT2D eigenvalue weighted by Crippen LogP contribution is -2.53. The number of amides is 1. The third-order valence-corrected chi connectivity index (χ3v) is 2.79. The van der Waals surface area contributed by atoms with E-state index in [0.29, 0.717) is 0 Å². The Balaban J connectivity index is 2.97. The van der Waals surface area contributed by atoms with Gasteiger partial charge in [-0.25, -0.2) is 0 Å². The molecule has 1 rings (SSSR count). The Hall–Kier alpha value is -1.90. The van der Waals surface area contributed by atoms with Crippen LogP contribution >= 0.6 is 0 Å². The summed E-state index contributed by atoms with van der Waals surface area (Å²) < 4.78 is 64.9. The molecule has 0 aliphatic carbocycles. The number of carbonyl (C=O) groups excluding carboxylic acids is 1. The van der Waals surface area contributed by atoms with E-state index in [4.69, 9.17) is 5.73 Å². The maximum absolute atomic E-state index is 12.3. The number of alkyl halides is 5. The van der Waals surface area contributed by atoms with Crippen molar-refractivity contribution < 1.29 is 31.5 Å². The lowest BCUT2D eigenvalue weighted by Gasteiger charge is -2.28. The zero-order valence-electron chi connectivity index (χ0n) is 10.9. The molecule has 3 N–H and O–H groups in total. The van der Waals surface area contributed by atoms with Crippen LogP contribution in [0.4, 0.5) is 22.0 Å². The van der Waals surface area contributed by atoms with Gasteiger partial charge in [0.05, 0.1) is 6.54 Å². The van der Waals surface area contributed by atoms with Gasteiger partial charge >= 0.3 is 12.8 Å². The number of nitrogens with one attached hydrogen (secondary N) is 1. The van der Waals surface area contributed by atoms with Crippen molar-refractivity contribution in [1.29, 1.82) is 0 Å². The van der Waals surface area contributed by atoms with Crippen LogP contribution in [0.25, 0.3) is 0 Å². The first kappa shape index (κ1) is 17.2. The molecule has 21 heavy (non-hydrogen) atoms. The molecule has 0 fully saturated rings. The topological polar surface area (TPSA) is 64.3 Å². The van der Waals surface area contributed by atoms with Crippen LogP contribution in [0.3, 0.4) is 0 Å².